The van der Waals surface area contributed by atoms with Crippen LogP contribution in [0.25, 0.3) is 0 Å². The number of nitrogens with zero attached hydrogens (tertiary/aromatic N) is 1. The number of hydrogen-bond donors (Lipinski definition) is 2. The summed E-state index contributed by atoms with van der Waals surface area (Å²) in [6, 6.07) is -0.196. The lowest BCUT2D eigenvalue weighted by molar-refractivity contribution is -0.142. The average molecular weight is 284 g/mol. The van der Waals surface area contributed by atoms with E-state index >= 15 is 0 Å². The first-order valence-corrected chi connectivity index (χ1v) is 7.77. The second-order valence-electron chi connectivity index (χ2n) is 5.93. The average Bonchev–Trinajstić information content (AvgIpc) is 2.82. The number of nitrogens with one attached hydrogen (secondary N) is 1. The Bertz CT molecular complexity index is 331. The van der Waals surface area contributed by atoms with Crippen molar-refractivity contribution in [2.45, 2.75) is 71.4 Å². The second-order valence-corrected chi connectivity index (χ2v) is 5.93. The summed E-state index contributed by atoms with van der Waals surface area (Å²) in [5.74, 6) is -1.22. The van der Waals surface area contributed by atoms with Crippen molar-refractivity contribution < 1.29 is 14.7 Å². The van der Waals surface area contributed by atoms with E-state index in [9.17, 15) is 9.59 Å². The highest BCUT2D eigenvalue weighted by molar-refractivity contribution is 5.77. The van der Waals surface area contributed by atoms with Crippen LogP contribution < -0.4 is 5.32 Å². The molecule has 0 aliphatic heterocycles. The molecular formula is C15H28N2O3. The quantitative estimate of drug-likeness (QED) is 0.706. The molecule has 2 unspecified atom stereocenters. The zero-order valence-corrected chi connectivity index (χ0v) is 12.9. The van der Waals surface area contributed by atoms with Crippen LogP contribution in [0.15, 0.2) is 0 Å². The van der Waals surface area contributed by atoms with Crippen LogP contribution in [0.3, 0.4) is 0 Å². The number of carboxylic acids is 1. The zero-order chi connectivity index (χ0) is 15.1. The third-order valence-corrected chi connectivity index (χ3v) is 4.03. The molecule has 1 aliphatic rings. The Labute approximate surface area is 121 Å². The molecule has 5 heteroatoms. The fraction of sp³-hybridized carbons (Fsp3) is 0.867. The van der Waals surface area contributed by atoms with E-state index < -0.39 is 11.9 Å². The van der Waals surface area contributed by atoms with E-state index in [4.69, 9.17) is 5.11 Å². The fourth-order valence-corrected chi connectivity index (χ4v) is 2.80. The van der Waals surface area contributed by atoms with E-state index in [0.29, 0.717) is 6.42 Å². The number of rotatable bonds is 7. The van der Waals surface area contributed by atoms with Gasteiger partial charge in [-0.1, -0.05) is 26.2 Å². The Balaban J connectivity index is 2.54. The first-order chi connectivity index (χ1) is 9.47. The molecule has 0 spiro atoms. The van der Waals surface area contributed by atoms with Gasteiger partial charge in [0.25, 0.3) is 0 Å². The van der Waals surface area contributed by atoms with Gasteiger partial charge in [-0.3, -0.25) is 4.79 Å². The maximum Gasteiger partial charge on any atom is 0.317 e. The Kier molecular flexibility index (Phi) is 6.82. The predicted octanol–water partition coefficient (Wildman–Crippen LogP) is 2.85. The zero-order valence-electron chi connectivity index (χ0n) is 12.9. The summed E-state index contributed by atoms with van der Waals surface area (Å²) < 4.78 is 0. The Morgan fingerprint density at radius 2 is 2.00 bits per heavy atom. The summed E-state index contributed by atoms with van der Waals surface area (Å²) in [4.78, 5) is 25.3. The summed E-state index contributed by atoms with van der Waals surface area (Å²) in [5, 5.41) is 12.1. The first-order valence-electron chi connectivity index (χ1n) is 7.77. The predicted molar refractivity (Wildman–Crippen MR) is 78.7 cm³/mol. The Morgan fingerprint density at radius 1 is 1.30 bits per heavy atom. The number of carbonyl (C=O) groups excluding carboxylic acids is 1. The van der Waals surface area contributed by atoms with Crippen LogP contribution in [-0.2, 0) is 4.79 Å². The fourth-order valence-electron chi connectivity index (χ4n) is 2.80. The summed E-state index contributed by atoms with van der Waals surface area (Å²) >= 11 is 0. The van der Waals surface area contributed by atoms with Crippen molar-refractivity contribution in [1.82, 2.24) is 10.2 Å². The van der Waals surface area contributed by atoms with Gasteiger partial charge in [0.05, 0.1) is 5.92 Å². The van der Waals surface area contributed by atoms with Gasteiger partial charge in [-0.25, -0.2) is 4.79 Å². The molecule has 0 radical (unpaired) electrons. The van der Waals surface area contributed by atoms with Crippen molar-refractivity contribution >= 4 is 12.0 Å². The third-order valence-electron chi connectivity index (χ3n) is 4.03. The molecule has 5 nitrogen and oxygen atoms in total. The molecule has 0 aromatic rings. The summed E-state index contributed by atoms with van der Waals surface area (Å²) in [6.45, 7) is 6.86. The van der Waals surface area contributed by atoms with Crippen LogP contribution in [0.1, 0.15) is 59.3 Å². The van der Waals surface area contributed by atoms with Gasteiger partial charge in [-0.05, 0) is 33.1 Å². The van der Waals surface area contributed by atoms with Crippen molar-refractivity contribution in [1.29, 1.82) is 0 Å². The van der Waals surface area contributed by atoms with Crippen LogP contribution in [0.2, 0.25) is 0 Å². The molecule has 0 aromatic carbocycles. The third kappa shape index (κ3) is 4.69. The Hall–Kier alpha value is -1.26. The second kappa shape index (κ2) is 8.12. The van der Waals surface area contributed by atoms with Gasteiger partial charge < -0.3 is 15.3 Å². The number of aliphatic carboxylic acids is 1. The monoisotopic (exact) mass is 284 g/mol. The topological polar surface area (TPSA) is 69.6 Å². The van der Waals surface area contributed by atoms with Crippen LogP contribution in [0.4, 0.5) is 4.79 Å². The highest BCUT2D eigenvalue weighted by Gasteiger charge is 2.34. The van der Waals surface area contributed by atoms with Gasteiger partial charge in [-0.2, -0.15) is 0 Å². The molecule has 2 amide bonds. The molecule has 0 bridgehead atoms. The number of carboxylic acid groups (broad SMARTS) is 1. The molecule has 0 aromatic heterocycles. The SMILES string of the molecule is CCCCCN(C(=O)NC1CCCC1C(=O)O)C(C)C. The summed E-state index contributed by atoms with van der Waals surface area (Å²) in [5.41, 5.74) is 0. The lowest BCUT2D eigenvalue weighted by Gasteiger charge is -2.29. The van der Waals surface area contributed by atoms with E-state index in [1.807, 2.05) is 18.7 Å². The highest BCUT2D eigenvalue weighted by atomic mass is 16.4. The minimum absolute atomic E-state index is 0.116. The molecule has 0 heterocycles. The molecule has 2 N–H and O–H groups in total. The lowest BCUT2D eigenvalue weighted by Crippen LogP contribution is -2.49. The minimum atomic E-state index is -0.796. The molecule has 1 saturated carbocycles. The summed E-state index contributed by atoms with van der Waals surface area (Å²) in [7, 11) is 0. The van der Waals surface area contributed by atoms with Crippen molar-refractivity contribution in [3.63, 3.8) is 0 Å². The molecular weight excluding hydrogens is 256 g/mol. The van der Waals surface area contributed by atoms with E-state index in [2.05, 4.69) is 12.2 Å². The van der Waals surface area contributed by atoms with Crippen LogP contribution in [0, 0.1) is 5.92 Å². The van der Waals surface area contributed by atoms with Crippen molar-refractivity contribution in [2.24, 2.45) is 5.92 Å². The normalized spacial score (nSPS) is 22.0. The van der Waals surface area contributed by atoms with Gasteiger partial charge in [0.15, 0.2) is 0 Å². The number of amides is 2. The highest BCUT2D eigenvalue weighted by Crippen LogP contribution is 2.26. The number of carbonyl (C=O) groups is 2. The summed E-state index contributed by atoms with van der Waals surface area (Å²) in [6.07, 6.45) is 5.53. The van der Waals surface area contributed by atoms with E-state index in [0.717, 1.165) is 38.6 Å². The van der Waals surface area contributed by atoms with Crippen LogP contribution in [-0.4, -0.2) is 40.6 Å². The molecule has 2 atom stereocenters. The minimum Gasteiger partial charge on any atom is -0.481 e. The van der Waals surface area contributed by atoms with Crippen molar-refractivity contribution in [2.75, 3.05) is 6.54 Å². The molecule has 0 saturated heterocycles. The van der Waals surface area contributed by atoms with Crippen LogP contribution >= 0.6 is 0 Å². The Morgan fingerprint density at radius 3 is 2.55 bits per heavy atom. The van der Waals surface area contributed by atoms with Gasteiger partial charge >= 0.3 is 12.0 Å². The molecule has 1 rings (SSSR count). The number of urea groups is 1. The molecule has 20 heavy (non-hydrogen) atoms. The number of unbranched alkanes of at least 4 members (excludes halogenated alkanes) is 2. The molecule has 116 valence electrons. The lowest BCUT2D eigenvalue weighted by atomic mass is 10.0. The largest absolute Gasteiger partial charge is 0.481 e. The first kappa shape index (κ1) is 16.8. The standard InChI is InChI=1S/C15H28N2O3/c1-4-5-6-10-17(11(2)3)15(20)16-13-9-7-8-12(13)14(18)19/h11-13H,4-10H2,1-3H3,(H,16,20)(H,18,19). The van der Waals surface area contributed by atoms with E-state index in [1.54, 1.807) is 0 Å². The maximum atomic E-state index is 12.3. The molecule has 1 fully saturated rings. The van der Waals surface area contributed by atoms with Crippen molar-refractivity contribution in [3.8, 4) is 0 Å². The maximum absolute atomic E-state index is 12.3. The van der Waals surface area contributed by atoms with Crippen molar-refractivity contribution in [3.05, 3.63) is 0 Å². The van der Waals surface area contributed by atoms with E-state index in [1.165, 1.54) is 0 Å². The van der Waals surface area contributed by atoms with E-state index in [-0.39, 0.29) is 18.1 Å². The molecule has 1 aliphatic carbocycles. The van der Waals surface area contributed by atoms with Crippen LogP contribution in [0.5, 0.6) is 0 Å². The van der Waals surface area contributed by atoms with Gasteiger partial charge in [0.2, 0.25) is 0 Å². The smallest absolute Gasteiger partial charge is 0.317 e. The van der Waals surface area contributed by atoms with Gasteiger partial charge in [0.1, 0.15) is 0 Å². The number of hydrogen-bond acceptors (Lipinski definition) is 2. The van der Waals surface area contributed by atoms with Gasteiger partial charge in [-0.15, -0.1) is 0 Å². The van der Waals surface area contributed by atoms with Gasteiger partial charge in [0, 0.05) is 18.6 Å².